The van der Waals surface area contributed by atoms with Crippen molar-refractivity contribution in [2.24, 2.45) is 0 Å². The van der Waals surface area contributed by atoms with E-state index in [1.54, 1.807) is 24.3 Å². The van der Waals surface area contributed by atoms with Crippen LogP contribution in [0.2, 0.25) is 0 Å². The lowest BCUT2D eigenvalue weighted by molar-refractivity contribution is -0.122. The van der Waals surface area contributed by atoms with Crippen LogP contribution in [0.4, 0.5) is 10.5 Å². The second-order valence-corrected chi connectivity index (χ2v) is 8.22. The van der Waals surface area contributed by atoms with Gasteiger partial charge in [0.2, 0.25) is 0 Å². The topological polar surface area (TPSA) is 84.9 Å². The lowest BCUT2D eigenvalue weighted by Gasteiger charge is -2.28. The highest BCUT2D eigenvalue weighted by atomic mass is 127. The maximum Gasteiger partial charge on any atom is 0.335 e. The van der Waals surface area contributed by atoms with E-state index in [9.17, 15) is 14.4 Å². The average Bonchev–Trinajstić information content (AvgIpc) is 2.73. The summed E-state index contributed by atoms with van der Waals surface area (Å²) >= 11 is 2.12. The number of benzene rings is 2. The summed E-state index contributed by atoms with van der Waals surface area (Å²) in [7, 11) is 1.53. The number of amides is 4. The summed E-state index contributed by atoms with van der Waals surface area (Å²) in [5.74, 6) is -0.309. The number of ether oxygens (including phenoxy) is 2. The van der Waals surface area contributed by atoms with Crippen molar-refractivity contribution in [2.75, 3.05) is 18.6 Å². The molecule has 0 atom stereocenters. The fourth-order valence-corrected chi connectivity index (χ4v) is 3.97. The number of rotatable bonds is 6. The smallest absolute Gasteiger partial charge is 0.335 e. The summed E-state index contributed by atoms with van der Waals surface area (Å²) in [5.41, 5.74) is 2.60. The van der Waals surface area contributed by atoms with Crippen molar-refractivity contribution in [3.8, 4) is 11.5 Å². The van der Waals surface area contributed by atoms with E-state index in [4.69, 9.17) is 9.47 Å². The fourth-order valence-electron chi connectivity index (χ4n) is 3.19. The van der Waals surface area contributed by atoms with E-state index in [2.05, 4.69) is 27.9 Å². The van der Waals surface area contributed by atoms with Gasteiger partial charge < -0.3 is 9.47 Å². The number of urea groups is 1. The van der Waals surface area contributed by atoms with E-state index in [0.29, 0.717) is 29.4 Å². The van der Waals surface area contributed by atoms with Crippen LogP contribution >= 0.6 is 22.6 Å². The van der Waals surface area contributed by atoms with Gasteiger partial charge in [0.25, 0.3) is 11.8 Å². The number of imide groups is 2. The minimum atomic E-state index is -0.767. The third kappa shape index (κ3) is 4.58. The van der Waals surface area contributed by atoms with E-state index in [1.807, 2.05) is 26.8 Å². The van der Waals surface area contributed by atoms with Gasteiger partial charge in [0.05, 0.1) is 23.0 Å². The molecular weight excluding hydrogens is 511 g/mol. The normalized spacial score (nSPS) is 15.3. The predicted octanol–water partition coefficient (Wildman–Crippen LogP) is 4.37. The van der Waals surface area contributed by atoms with Crippen molar-refractivity contribution in [3.63, 3.8) is 0 Å². The Hall–Kier alpha value is -2.88. The molecule has 8 heteroatoms. The van der Waals surface area contributed by atoms with Crippen molar-refractivity contribution in [2.45, 2.75) is 27.2 Å². The lowest BCUT2D eigenvalue weighted by Crippen LogP contribution is -2.54. The molecule has 162 valence electrons. The second kappa shape index (κ2) is 9.51. The molecule has 2 aromatic carbocycles. The number of carbonyl (C=O) groups excluding carboxylic acids is 3. The number of methoxy groups -OCH3 is 1. The van der Waals surface area contributed by atoms with Crippen LogP contribution in [0.1, 0.15) is 30.0 Å². The highest BCUT2D eigenvalue weighted by molar-refractivity contribution is 14.1. The van der Waals surface area contributed by atoms with Gasteiger partial charge in [-0.15, -0.1) is 0 Å². The van der Waals surface area contributed by atoms with Crippen molar-refractivity contribution >= 4 is 52.2 Å². The summed E-state index contributed by atoms with van der Waals surface area (Å²) in [5, 5.41) is 2.26. The number of carbonyl (C=O) groups is 3. The van der Waals surface area contributed by atoms with E-state index in [0.717, 1.165) is 26.0 Å². The molecule has 4 amide bonds. The zero-order valence-electron chi connectivity index (χ0n) is 17.7. The fraction of sp³-hybridized carbons (Fsp3) is 0.261. The molecule has 0 saturated carbocycles. The molecule has 1 N–H and O–H groups in total. The molecule has 1 saturated heterocycles. The molecule has 1 aliphatic rings. The molecule has 2 aromatic rings. The largest absolute Gasteiger partial charge is 0.493 e. The van der Waals surface area contributed by atoms with Gasteiger partial charge in [0, 0.05) is 0 Å². The Kier molecular flexibility index (Phi) is 6.99. The van der Waals surface area contributed by atoms with Crippen LogP contribution in [0.15, 0.2) is 35.9 Å². The maximum absolute atomic E-state index is 13.2. The first-order chi connectivity index (χ1) is 14.8. The van der Waals surface area contributed by atoms with Crippen molar-refractivity contribution < 1.29 is 23.9 Å². The van der Waals surface area contributed by atoms with Crippen LogP contribution in [-0.2, 0) is 9.59 Å². The van der Waals surface area contributed by atoms with E-state index in [-0.39, 0.29) is 5.57 Å². The summed E-state index contributed by atoms with van der Waals surface area (Å²) in [6.45, 7) is 6.27. The summed E-state index contributed by atoms with van der Waals surface area (Å²) in [4.78, 5) is 39.2. The molecule has 0 aromatic heterocycles. The number of nitrogens with zero attached hydrogens (tertiary/aromatic N) is 1. The Bertz CT molecular complexity index is 1090. The third-order valence-electron chi connectivity index (χ3n) is 4.93. The summed E-state index contributed by atoms with van der Waals surface area (Å²) in [6.07, 6.45) is 2.30. The molecular formula is C23H23IN2O5. The molecule has 31 heavy (non-hydrogen) atoms. The summed E-state index contributed by atoms with van der Waals surface area (Å²) < 4.78 is 12.0. The molecule has 1 heterocycles. The molecule has 3 rings (SSSR count). The molecule has 0 aliphatic carbocycles. The van der Waals surface area contributed by atoms with Gasteiger partial charge in [-0.3, -0.25) is 14.9 Å². The van der Waals surface area contributed by atoms with Gasteiger partial charge in [-0.05, 0) is 83.8 Å². The third-order valence-corrected chi connectivity index (χ3v) is 5.73. The van der Waals surface area contributed by atoms with Gasteiger partial charge in [-0.25, -0.2) is 9.69 Å². The van der Waals surface area contributed by atoms with Crippen LogP contribution in [0.25, 0.3) is 6.08 Å². The number of halogens is 1. The SMILES string of the molecule is CCCOc1c(I)cc(/C=C2\C(=O)NC(=O)N(c3cccc(C)c3C)C2=O)cc1OC. The van der Waals surface area contributed by atoms with Gasteiger partial charge in [0.15, 0.2) is 11.5 Å². The zero-order valence-corrected chi connectivity index (χ0v) is 19.9. The predicted molar refractivity (Wildman–Crippen MR) is 126 cm³/mol. The molecule has 0 radical (unpaired) electrons. The standard InChI is InChI=1S/C23H23IN2O5/c1-5-9-31-20-17(24)11-15(12-19(20)30-4)10-16-21(27)25-23(29)26(22(16)28)18-8-6-7-13(2)14(18)3/h6-8,10-12H,5,9H2,1-4H3,(H,25,27,29)/b16-10+. The van der Waals surface area contributed by atoms with Crippen LogP contribution < -0.4 is 19.7 Å². The van der Waals surface area contributed by atoms with E-state index >= 15 is 0 Å². The highest BCUT2D eigenvalue weighted by Crippen LogP contribution is 2.35. The minimum absolute atomic E-state index is 0.138. The molecule has 0 unspecified atom stereocenters. The van der Waals surface area contributed by atoms with Crippen molar-refractivity contribution in [3.05, 3.63) is 56.2 Å². The monoisotopic (exact) mass is 534 g/mol. The van der Waals surface area contributed by atoms with Gasteiger partial charge in [-0.2, -0.15) is 0 Å². The van der Waals surface area contributed by atoms with Crippen LogP contribution in [0.3, 0.4) is 0 Å². The zero-order chi connectivity index (χ0) is 22.7. The Morgan fingerprint density at radius 2 is 1.90 bits per heavy atom. The number of anilines is 1. The molecule has 7 nitrogen and oxygen atoms in total. The Morgan fingerprint density at radius 1 is 1.16 bits per heavy atom. The van der Waals surface area contributed by atoms with Gasteiger partial charge in [-0.1, -0.05) is 19.1 Å². The maximum atomic E-state index is 13.2. The number of aryl methyl sites for hydroxylation is 1. The molecule has 0 spiro atoms. The van der Waals surface area contributed by atoms with Gasteiger partial charge >= 0.3 is 6.03 Å². The number of nitrogens with one attached hydrogen (secondary N) is 1. The summed E-state index contributed by atoms with van der Waals surface area (Å²) in [6, 6.07) is 8.05. The molecule has 1 aliphatic heterocycles. The molecule has 0 bridgehead atoms. The van der Waals surface area contributed by atoms with Crippen LogP contribution in [-0.4, -0.2) is 31.6 Å². The second-order valence-electron chi connectivity index (χ2n) is 7.06. The highest BCUT2D eigenvalue weighted by Gasteiger charge is 2.37. The van der Waals surface area contributed by atoms with Crippen LogP contribution in [0, 0.1) is 17.4 Å². The van der Waals surface area contributed by atoms with Gasteiger partial charge in [0.1, 0.15) is 5.57 Å². The van der Waals surface area contributed by atoms with E-state index in [1.165, 1.54) is 13.2 Å². The first-order valence-corrected chi connectivity index (χ1v) is 10.8. The minimum Gasteiger partial charge on any atom is -0.493 e. The van der Waals surface area contributed by atoms with Crippen LogP contribution in [0.5, 0.6) is 11.5 Å². The van der Waals surface area contributed by atoms with Crippen molar-refractivity contribution in [1.29, 1.82) is 0 Å². The number of hydrogen-bond acceptors (Lipinski definition) is 5. The first kappa shape index (κ1) is 22.8. The average molecular weight is 534 g/mol. The Labute approximate surface area is 194 Å². The number of barbiturate groups is 1. The Balaban J connectivity index is 2.04. The number of hydrogen-bond donors (Lipinski definition) is 1. The Morgan fingerprint density at radius 3 is 2.58 bits per heavy atom. The first-order valence-electron chi connectivity index (χ1n) is 9.76. The van der Waals surface area contributed by atoms with Crippen molar-refractivity contribution in [1.82, 2.24) is 5.32 Å². The lowest BCUT2D eigenvalue weighted by atomic mass is 10.0. The quantitative estimate of drug-likeness (QED) is 0.338. The van der Waals surface area contributed by atoms with E-state index < -0.39 is 17.8 Å². The molecule has 1 fully saturated rings.